The highest BCUT2D eigenvalue weighted by atomic mass is 31.2. The Morgan fingerprint density at radius 2 is 1.60 bits per heavy atom. The van der Waals surface area contributed by atoms with Gasteiger partial charge in [-0.2, -0.15) is 0 Å². The lowest BCUT2D eigenvalue weighted by atomic mass is 9.88. The average molecular weight is 640 g/mol. The van der Waals surface area contributed by atoms with Gasteiger partial charge in [-0.25, -0.2) is 4.79 Å². The van der Waals surface area contributed by atoms with Crippen molar-refractivity contribution in [1.29, 1.82) is 0 Å². The van der Waals surface area contributed by atoms with Crippen molar-refractivity contribution in [3.63, 3.8) is 0 Å². The number of hydrogen-bond donors (Lipinski definition) is 1. The zero-order valence-corrected chi connectivity index (χ0v) is 26.3. The van der Waals surface area contributed by atoms with Gasteiger partial charge in [0.1, 0.15) is 0 Å². The van der Waals surface area contributed by atoms with E-state index in [0.29, 0.717) is 36.2 Å². The van der Waals surface area contributed by atoms with Crippen molar-refractivity contribution in [3.05, 3.63) is 65.7 Å². The molecule has 240 valence electrons. The second-order valence-electron chi connectivity index (χ2n) is 11.7. The van der Waals surface area contributed by atoms with Crippen molar-refractivity contribution >= 4 is 42.3 Å². The molecular formula is C32H38N3O9P. The highest BCUT2D eigenvalue weighted by Gasteiger charge is 2.51. The number of nitrogens with one attached hydrogen (secondary N) is 1. The predicted molar refractivity (Wildman–Crippen MR) is 163 cm³/mol. The van der Waals surface area contributed by atoms with Crippen LogP contribution in [0.25, 0.3) is 0 Å². The summed E-state index contributed by atoms with van der Waals surface area (Å²) in [6.45, 7) is 2.06. The van der Waals surface area contributed by atoms with E-state index in [2.05, 4.69) is 10.2 Å². The van der Waals surface area contributed by atoms with Crippen LogP contribution in [-0.4, -0.2) is 84.7 Å². The number of imide groups is 1. The van der Waals surface area contributed by atoms with E-state index in [1.165, 1.54) is 12.1 Å². The molecule has 12 nitrogen and oxygen atoms in total. The topological polar surface area (TPSA) is 149 Å². The van der Waals surface area contributed by atoms with Crippen LogP contribution in [0.4, 0.5) is 0 Å². The number of carbonyl (C=O) groups is 5. The molecular weight excluding hydrogens is 601 g/mol. The highest BCUT2D eigenvalue weighted by molar-refractivity contribution is 7.66. The van der Waals surface area contributed by atoms with Crippen molar-refractivity contribution in [2.24, 2.45) is 5.92 Å². The van der Waals surface area contributed by atoms with Crippen LogP contribution >= 0.6 is 7.37 Å². The van der Waals surface area contributed by atoms with Gasteiger partial charge in [0.25, 0.3) is 11.8 Å². The minimum Gasteiger partial charge on any atom is -0.465 e. The van der Waals surface area contributed by atoms with Crippen LogP contribution in [0.3, 0.4) is 0 Å². The SMILES string of the molecule is CN1C2CCC1[C@@H](C(=O)OCCCCNC(=O)CCC(=O)ON1C(=O)c3ccccc3C1=O)[C@@H](O[P@@](C)(=O)c1ccccc1)C2. The van der Waals surface area contributed by atoms with Crippen LogP contribution < -0.4 is 10.6 Å². The van der Waals surface area contributed by atoms with Crippen LogP contribution in [0, 0.1) is 5.92 Å². The van der Waals surface area contributed by atoms with Gasteiger partial charge in [0, 0.05) is 37.0 Å². The fraction of sp³-hybridized carbons (Fsp3) is 0.469. The maximum Gasteiger partial charge on any atom is 0.333 e. The van der Waals surface area contributed by atoms with Gasteiger partial charge in [-0.15, -0.1) is 0 Å². The van der Waals surface area contributed by atoms with Crippen LogP contribution in [0.1, 0.15) is 65.7 Å². The Morgan fingerprint density at radius 1 is 0.933 bits per heavy atom. The van der Waals surface area contributed by atoms with E-state index < -0.39 is 43.1 Å². The Morgan fingerprint density at radius 3 is 2.29 bits per heavy atom. The van der Waals surface area contributed by atoms with Crippen LogP contribution in [-0.2, 0) is 33.0 Å². The number of nitrogens with zero attached hydrogens (tertiary/aromatic N) is 2. The monoisotopic (exact) mass is 639 g/mol. The van der Waals surface area contributed by atoms with E-state index in [1.54, 1.807) is 30.9 Å². The summed E-state index contributed by atoms with van der Waals surface area (Å²) in [5.41, 5.74) is 0.305. The van der Waals surface area contributed by atoms with E-state index in [4.69, 9.17) is 14.1 Å². The van der Waals surface area contributed by atoms with Gasteiger partial charge in [0.2, 0.25) is 13.3 Å². The summed E-state index contributed by atoms with van der Waals surface area (Å²) < 4.78 is 25.4. The Bertz CT molecular complexity index is 1460. The molecule has 3 amide bonds. The Hall–Kier alpha value is -3.86. The maximum absolute atomic E-state index is 13.5. The molecule has 45 heavy (non-hydrogen) atoms. The minimum absolute atomic E-state index is 0.0416. The predicted octanol–water partition coefficient (Wildman–Crippen LogP) is 3.06. The summed E-state index contributed by atoms with van der Waals surface area (Å²) in [6.07, 6.45) is 2.44. The van der Waals surface area contributed by atoms with Crippen molar-refractivity contribution in [1.82, 2.24) is 15.3 Å². The maximum atomic E-state index is 13.5. The third-order valence-electron chi connectivity index (χ3n) is 8.69. The van der Waals surface area contributed by atoms with E-state index in [0.717, 1.165) is 12.8 Å². The van der Waals surface area contributed by atoms with Crippen LogP contribution in [0.2, 0.25) is 0 Å². The Labute approximate surface area is 261 Å². The molecule has 0 saturated carbocycles. The molecule has 13 heteroatoms. The van der Waals surface area contributed by atoms with Gasteiger partial charge in [0.15, 0.2) is 0 Å². The second kappa shape index (κ2) is 14.1. The molecule has 0 aliphatic carbocycles. The van der Waals surface area contributed by atoms with Crippen LogP contribution in [0.5, 0.6) is 0 Å². The van der Waals surface area contributed by atoms with E-state index in [1.807, 2.05) is 25.2 Å². The summed E-state index contributed by atoms with van der Waals surface area (Å²) >= 11 is 0. The van der Waals surface area contributed by atoms with Crippen molar-refractivity contribution in [2.75, 3.05) is 26.9 Å². The number of carbonyl (C=O) groups excluding carboxylic acids is 5. The van der Waals surface area contributed by atoms with Gasteiger partial charge < -0.3 is 19.4 Å². The zero-order valence-electron chi connectivity index (χ0n) is 25.4. The number of hydroxylamine groups is 2. The molecule has 2 unspecified atom stereocenters. The molecule has 0 spiro atoms. The molecule has 3 aliphatic heterocycles. The fourth-order valence-electron chi connectivity index (χ4n) is 6.28. The smallest absolute Gasteiger partial charge is 0.333 e. The van der Waals surface area contributed by atoms with Crippen molar-refractivity contribution < 1.29 is 42.6 Å². The van der Waals surface area contributed by atoms with Crippen molar-refractivity contribution in [3.8, 4) is 0 Å². The third kappa shape index (κ3) is 7.35. The number of esters is 1. The summed E-state index contributed by atoms with van der Waals surface area (Å²) in [5, 5.41) is 3.73. The number of fused-ring (bicyclic) bond motifs is 3. The first-order valence-corrected chi connectivity index (χ1v) is 17.3. The number of hydrogen-bond acceptors (Lipinski definition) is 10. The van der Waals surface area contributed by atoms with Gasteiger partial charge >= 0.3 is 11.9 Å². The first-order valence-electron chi connectivity index (χ1n) is 15.2. The molecule has 0 radical (unpaired) electrons. The van der Waals surface area contributed by atoms with Gasteiger partial charge in [-0.1, -0.05) is 35.4 Å². The van der Waals surface area contributed by atoms with Gasteiger partial charge in [0.05, 0.1) is 36.2 Å². The molecule has 2 bridgehead atoms. The lowest BCUT2D eigenvalue weighted by Gasteiger charge is -2.42. The molecule has 5 atom stereocenters. The summed E-state index contributed by atoms with van der Waals surface area (Å²) in [7, 11) is -1.14. The van der Waals surface area contributed by atoms with Crippen LogP contribution in [0.15, 0.2) is 54.6 Å². The van der Waals surface area contributed by atoms with Gasteiger partial charge in [-0.3, -0.25) is 28.6 Å². The number of amides is 3. The van der Waals surface area contributed by atoms with E-state index >= 15 is 0 Å². The zero-order chi connectivity index (χ0) is 32.1. The fourth-order valence-corrected chi connectivity index (χ4v) is 7.85. The molecule has 2 aromatic rings. The first kappa shape index (κ1) is 32.5. The summed E-state index contributed by atoms with van der Waals surface area (Å²) in [5.74, 6) is -3.64. The molecule has 3 aliphatic rings. The number of piperidine rings is 1. The average Bonchev–Trinajstić information content (AvgIpc) is 3.40. The molecule has 2 saturated heterocycles. The summed E-state index contributed by atoms with van der Waals surface area (Å²) in [6, 6.07) is 15.4. The minimum atomic E-state index is -3.15. The van der Waals surface area contributed by atoms with E-state index in [-0.39, 0.29) is 48.6 Å². The quantitative estimate of drug-likeness (QED) is 0.150. The number of rotatable bonds is 13. The lowest BCUT2D eigenvalue weighted by Crippen LogP contribution is -2.53. The molecule has 2 fully saturated rings. The Balaban J connectivity index is 1.01. The number of ether oxygens (including phenoxy) is 1. The van der Waals surface area contributed by atoms with Gasteiger partial charge in [-0.05, 0) is 63.4 Å². The molecule has 0 aromatic heterocycles. The number of benzene rings is 2. The largest absolute Gasteiger partial charge is 0.465 e. The summed E-state index contributed by atoms with van der Waals surface area (Å²) in [4.78, 5) is 69.4. The number of unbranched alkanes of at least 4 members (excludes halogenated alkanes) is 1. The second-order valence-corrected chi connectivity index (χ2v) is 14.1. The van der Waals surface area contributed by atoms with E-state index in [9.17, 15) is 28.5 Å². The lowest BCUT2D eigenvalue weighted by molar-refractivity contribution is -0.169. The normalized spacial score (nSPS) is 23.7. The van der Waals surface area contributed by atoms with Crippen molar-refractivity contribution in [2.45, 2.75) is 63.1 Å². The molecule has 2 aromatic carbocycles. The highest BCUT2D eigenvalue weighted by Crippen LogP contribution is 2.49. The molecule has 5 rings (SSSR count). The standard InChI is InChI=1S/C32H38N3O9P/c1-34-21-14-15-25(34)29(26(20-21)44-45(2,41)22-10-4-3-5-11-22)32(40)42-19-9-8-18-33-27(36)16-17-28(37)43-35-30(38)23-12-6-7-13-24(23)31(35)39/h3-7,10-13,21,25-26,29H,8-9,14-20H2,1-2H3,(H,33,36)/t21?,25?,26-,29+,45+/m0/s1. The first-order chi connectivity index (χ1) is 21.6. The molecule has 1 N–H and O–H groups in total. The molecule has 3 heterocycles. The third-order valence-corrected chi connectivity index (χ3v) is 10.6. The Kier molecular flexibility index (Phi) is 10.2.